The van der Waals surface area contributed by atoms with Gasteiger partial charge in [-0.1, -0.05) is 18.2 Å². The number of rotatable bonds is 6. The van der Waals surface area contributed by atoms with Crippen LogP contribution in [-0.4, -0.2) is 32.2 Å². The zero-order valence-corrected chi connectivity index (χ0v) is 15.6. The number of aromatic nitrogens is 4. The standard InChI is InChI=1S/C20H16FN5OS/c21-14-5-3-7-16(13-14)26-19(17-8-4-12-28-17)24-18(25-26)20(27)23-11-9-15-6-1-2-10-22-15/h1-8,10,12-13H,9,11H2,(H,23,27). The van der Waals surface area contributed by atoms with Crippen molar-refractivity contribution in [2.24, 2.45) is 0 Å². The summed E-state index contributed by atoms with van der Waals surface area (Å²) >= 11 is 1.47. The average molecular weight is 393 g/mol. The number of hydrogen-bond acceptors (Lipinski definition) is 5. The molecule has 0 unspecified atom stereocenters. The third-order valence-electron chi connectivity index (χ3n) is 4.00. The van der Waals surface area contributed by atoms with Gasteiger partial charge in [0.05, 0.1) is 10.6 Å². The number of carbonyl (C=O) groups excluding carboxylic acids is 1. The molecule has 0 aliphatic carbocycles. The molecule has 1 amide bonds. The fourth-order valence-corrected chi connectivity index (χ4v) is 3.39. The van der Waals surface area contributed by atoms with Crippen molar-refractivity contribution < 1.29 is 9.18 Å². The topological polar surface area (TPSA) is 72.7 Å². The Morgan fingerprint density at radius 2 is 2.07 bits per heavy atom. The van der Waals surface area contributed by atoms with Crippen molar-refractivity contribution in [1.82, 2.24) is 25.1 Å². The summed E-state index contributed by atoms with van der Waals surface area (Å²) in [7, 11) is 0. The van der Waals surface area contributed by atoms with Crippen molar-refractivity contribution in [3.05, 3.63) is 83.5 Å². The predicted molar refractivity (Wildman–Crippen MR) is 105 cm³/mol. The van der Waals surface area contributed by atoms with Gasteiger partial charge in [0.15, 0.2) is 5.82 Å². The highest BCUT2D eigenvalue weighted by Gasteiger charge is 2.19. The summed E-state index contributed by atoms with van der Waals surface area (Å²) in [5.74, 6) is -0.237. The molecule has 0 bridgehead atoms. The van der Waals surface area contributed by atoms with Crippen LogP contribution in [0.25, 0.3) is 16.4 Å². The van der Waals surface area contributed by atoms with E-state index in [1.54, 1.807) is 18.3 Å². The number of benzene rings is 1. The number of pyridine rings is 1. The van der Waals surface area contributed by atoms with Gasteiger partial charge in [-0.05, 0) is 41.8 Å². The smallest absolute Gasteiger partial charge is 0.291 e. The van der Waals surface area contributed by atoms with Crippen LogP contribution < -0.4 is 5.32 Å². The molecule has 0 fully saturated rings. The van der Waals surface area contributed by atoms with Crippen molar-refractivity contribution in [2.45, 2.75) is 6.42 Å². The van der Waals surface area contributed by atoms with Gasteiger partial charge in [-0.15, -0.1) is 16.4 Å². The third kappa shape index (κ3) is 3.96. The largest absolute Gasteiger partial charge is 0.349 e. The second-order valence-electron chi connectivity index (χ2n) is 5.95. The third-order valence-corrected chi connectivity index (χ3v) is 4.86. The van der Waals surface area contributed by atoms with Gasteiger partial charge in [0.25, 0.3) is 5.91 Å². The first-order chi connectivity index (χ1) is 13.7. The Morgan fingerprint density at radius 3 is 2.82 bits per heavy atom. The molecule has 0 radical (unpaired) electrons. The second kappa shape index (κ2) is 8.10. The molecule has 1 N–H and O–H groups in total. The molecule has 3 heterocycles. The van der Waals surface area contributed by atoms with Crippen LogP contribution in [0.4, 0.5) is 4.39 Å². The highest BCUT2D eigenvalue weighted by molar-refractivity contribution is 7.13. The average Bonchev–Trinajstić information content (AvgIpc) is 3.38. The maximum absolute atomic E-state index is 13.7. The summed E-state index contributed by atoms with van der Waals surface area (Å²) < 4.78 is 15.2. The van der Waals surface area contributed by atoms with Crippen molar-refractivity contribution in [3.8, 4) is 16.4 Å². The van der Waals surface area contributed by atoms with E-state index in [2.05, 4.69) is 20.4 Å². The maximum atomic E-state index is 13.7. The Hall–Kier alpha value is -3.39. The van der Waals surface area contributed by atoms with Crippen molar-refractivity contribution in [1.29, 1.82) is 0 Å². The molecule has 0 spiro atoms. The SMILES string of the molecule is O=C(NCCc1ccccn1)c1nc(-c2cccs2)n(-c2cccc(F)c2)n1. The highest BCUT2D eigenvalue weighted by atomic mass is 32.1. The highest BCUT2D eigenvalue weighted by Crippen LogP contribution is 2.25. The molecule has 1 aromatic carbocycles. The fraction of sp³-hybridized carbons (Fsp3) is 0.100. The molecule has 3 aromatic heterocycles. The molecule has 0 saturated carbocycles. The molecule has 0 aliphatic rings. The van der Waals surface area contributed by atoms with Gasteiger partial charge in [0.1, 0.15) is 5.82 Å². The Morgan fingerprint density at radius 1 is 1.14 bits per heavy atom. The molecule has 0 atom stereocenters. The maximum Gasteiger partial charge on any atom is 0.291 e. The Balaban J connectivity index is 1.57. The molecule has 140 valence electrons. The van der Waals surface area contributed by atoms with Crippen LogP contribution in [0.2, 0.25) is 0 Å². The zero-order valence-electron chi connectivity index (χ0n) is 14.7. The summed E-state index contributed by atoms with van der Waals surface area (Å²) in [6, 6.07) is 15.4. The van der Waals surface area contributed by atoms with Crippen molar-refractivity contribution in [3.63, 3.8) is 0 Å². The van der Waals surface area contributed by atoms with Crippen LogP contribution in [0.15, 0.2) is 66.2 Å². The summed E-state index contributed by atoms with van der Waals surface area (Å²) in [5.41, 5.74) is 1.39. The van der Waals surface area contributed by atoms with E-state index in [0.717, 1.165) is 10.6 Å². The molecule has 0 saturated heterocycles. The van der Waals surface area contributed by atoms with Gasteiger partial charge >= 0.3 is 0 Å². The van der Waals surface area contributed by atoms with E-state index in [9.17, 15) is 9.18 Å². The minimum Gasteiger partial charge on any atom is -0.349 e. The molecular formula is C20H16FN5OS. The van der Waals surface area contributed by atoms with E-state index in [-0.39, 0.29) is 17.5 Å². The molecule has 28 heavy (non-hydrogen) atoms. The van der Waals surface area contributed by atoms with Crippen LogP contribution in [0, 0.1) is 5.82 Å². The van der Waals surface area contributed by atoms with Gasteiger partial charge in [-0.2, -0.15) is 0 Å². The van der Waals surface area contributed by atoms with Crippen LogP contribution in [0.3, 0.4) is 0 Å². The summed E-state index contributed by atoms with van der Waals surface area (Å²) in [5, 5.41) is 9.04. The van der Waals surface area contributed by atoms with Crippen LogP contribution in [-0.2, 0) is 6.42 Å². The Bertz CT molecular complexity index is 1080. The fourth-order valence-electron chi connectivity index (χ4n) is 2.69. The molecule has 6 nitrogen and oxygen atoms in total. The number of carbonyl (C=O) groups is 1. The quantitative estimate of drug-likeness (QED) is 0.544. The number of halogens is 1. The van der Waals surface area contributed by atoms with E-state index in [0.29, 0.717) is 24.5 Å². The molecule has 0 aliphatic heterocycles. The Labute approximate surface area is 164 Å². The zero-order chi connectivity index (χ0) is 19.3. The number of thiophene rings is 1. The molecule has 4 aromatic rings. The summed E-state index contributed by atoms with van der Waals surface area (Å²) in [4.78, 5) is 22.0. The van der Waals surface area contributed by atoms with Gasteiger partial charge in [0.2, 0.25) is 5.82 Å². The van der Waals surface area contributed by atoms with Gasteiger partial charge in [-0.3, -0.25) is 9.78 Å². The van der Waals surface area contributed by atoms with Crippen molar-refractivity contribution in [2.75, 3.05) is 6.54 Å². The number of amides is 1. The van der Waals surface area contributed by atoms with E-state index < -0.39 is 0 Å². The van der Waals surface area contributed by atoms with Crippen LogP contribution in [0.1, 0.15) is 16.3 Å². The minimum absolute atomic E-state index is 0.0358. The molecule has 4 rings (SSSR count). The first-order valence-electron chi connectivity index (χ1n) is 8.66. The van der Waals surface area contributed by atoms with E-state index in [1.807, 2.05) is 35.7 Å². The first kappa shape index (κ1) is 18.0. The normalized spacial score (nSPS) is 10.8. The molecular weight excluding hydrogens is 377 g/mol. The van der Waals surface area contributed by atoms with Gasteiger partial charge in [-0.25, -0.2) is 14.1 Å². The van der Waals surface area contributed by atoms with E-state index in [1.165, 1.54) is 28.2 Å². The first-order valence-corrected chi connectivity index (χ1v) is 9.53. The minimum atomic E-state index is -0.385. The second-order valence-corrected chi connectivity index (χ2v) is 6.90. The monoisotopic (exact) mass is 393 g/mol. The molecule has 8 heteroatoms. The predicted octanol–water partition coefficient (Wildman–Crippen LogP) is 3.50. The van der Waals surface area contributed by atoms with Crippen LogP contribution in [0.5, 0.6) is 0 Å². The lowest BCUT2D eigenvalue weighted by atomic mass is 10.3. The van der Waals surface area contributed by atoms with Crippen molar-refractivity contribution >= 4 is 17.2 Å². The van der Waals surface area contributed by atoms with E-state index in [4.69, 9.17) is 0 Å². The van der Waals surface area contributed by atoms with E-state index >= 15 is 0 Å². The summed E-state index contributed by atoms with van der Waals surface area (Å²) in [6.45, 7) is 0.415. The number of hydrogen-bond donors (Lipinski definition) is 1. The lowest BCUT2D eigenvalue weighted by Gasteiger charge is -2.04. The van der Waals surface area contributed by atoms with Gasteiger partial charge < -0.3 is 5.32 Å². The number of nitrogens with one attached hydrogen (secondary N) is 1. The van der Waals surface area contributed by atoms with Gasteiger partial charge in [0, 0.05) is 24.9 Å². The lowest BCUT2D eigenvalue weighted by molar-refractivity contribution is 0.0944. The van der Waals surface area contributed by atoms with Crippen LogP contribution >= 0.6 is 11.3 Å². The Kier molecular flexibility index (Phi) is 5.20. The number of nitrogens with zero attached hydrogens (tertiary/aromatic N) is 4. The lowest BCUT2D eigenvalue weighted by Crippen LogP contribution is -2.27. The summed E-state index contributed by atoms with van der Waals surface area (Å²) in [6.07, 6.45) is 2.32.